The Morgan fingerprint density at radius 1 is 1.44 bits per heavy atom. The van der Waals surface area contributed by atoms with E-state index in [1.54, 1.807) is 0 Å². The van der Waals surface area contributed by atoms with Crippen LogP contribution in [0, 0.1) is 11.7 Å². The summed E-state index contributed by atoms with van der Waals surface area (Å²) in [5.41, 5.74) is 0. The van der Waals surface area contributed by atoms with Gasteiger partial charge in [0.15, 0.2) is 11.6 Å². The molecule has 1 N–H and O–H groups in total. The van der Waals surface area contributed by atoms with E-state index in [2.05, 4.69) is 29.1 Å². The largest absolute Gasteiger partial charge is 0.354 e. The lowest BCUT2D eigenvalue weighted by Gasteiger charge is -2.31. The lowest BCUT2D eigenvalue weighted by Crippen LogP contribution is -2.34. The highest BCUT2D eigenvalue weighted by atomic mass is 19.1. The van der Waals surface area contributed by atoms with Crippen LogP contribution in [0.5, 0.6) is 0 Å². The van der Waals surface area contributed by atoms with Crippen molar-refractivity contribution in [2.45, 2.75) is 33.1 Å². The molecule has 0 unspecified atom stereocenters. The predicted molar refractivity (Wildman–Crippen MR) is 71.4 cm³/mol. The molecule has 2 rings (SSSR count). The maximum Gasteiger partial charge on any atom is 0.224 e. The first-order chi connectivity index (χ1) is 8.70. The summed E-state index contributed by atoms with van der Waals surface area (Å²) < 4.78 is 13.8. The molecule has 18 heavy (non-hydrogen) atoms. The van der Waals surface area contributed by atoms with Gasteiger partial charge >= 0.3 is 0 Å². The van der Waals surface area contributed by atoms with E-state index in [9.17, 15) is 4.39 Å². The van der Waals surface area contributed by atoms with Crippen LogP contribution in [0.2, 0.25) is 0 Å². The van der Waals surface area contributed by atoms with E-state index in [4.69, 9.17) is 0 Å². The first kappa shape index (κ1) is 13.1. The highest BCUT2D eigenvalue weighted by molar-refractivity contribution is 5.44. The SMILES string of the molecule is CCCNc1ncc(F)c(N2CCC(C)CC2)n1. The summed E-state index contributed by atoms with van der Waals surface area (Å²) >= 11 is 0. The van der Waals surface area contributed by atoms with Crippen LogP contribution in [0.25, 0.3) is 0 Å². The second-order valence-corrected chi connectivity index (χ2v) is 4.96. The molecular weight excluding hydrogens is 231 g/mol. The minimum absolute atomic E-state index is 0.327. The fourth-order valence-electron chi connectivity index (χ4n) is 2.12. The second kappa shape index (κ2) is 5.98. The Balaban J connectivity index is 2.10. The lowest BCUT2D eigenvalue weighted by molar-refractivity contribution is 0.432. The number of halogens is 1. The van der Waals surface area contributed by atoms with Gasteiger partial charge < -0.3 is 10.2 Å². The molecule has 1 aromatic heterocycles. The Morgan fingerprint density at radius 3 is 2.83 bits per heavy atom. The Kier molecular flexibility index (Phi) is 4.33. The van der Waals surface area contributed by atoms with E-state index in [1.165, 1.54) is 6.20 Å². The van der Waals surface area contributed by atoms with Gasteiger partial charge in [0.05, 0.1) is 6.20 Å². The summed E-state index contributed by atoms with van der Waals surface area (Å²) in [4.78, 5) is 10.3. The van der Waals surface area contributed by atoms with Crippen molar-refractivity contribution < 1.29 is 4.39 Å². The average Bonchev–Trinajstić information content (AvgIpc) is 2.39. The number of nitrogens with one attached hydrogen (secondary N) is 1. The first-order valence-corrected chi connectivity index (χ1v) is 6.72. The fourth-order valence-corrected chi connectivity index (χ4v) is 2.12. The first-order valence-electron chi connectivity index (χ1n) is 6.72. The summed E-state index contributed by atoms with van der Waals surface area (Å²) in [6, 6.07) is 0. The van der Waals surface area contributed by atoms with Gasteiger partial charge in [0.2, 0.25) is 5.95 Å². The van der Waals surface area contributed by atoms with Crippen molar-refractivity contribution in [3.63, 3.8) is 0 Å². The highest BCUT2D eigenvalue weighted by Crippen LogP contribution is 2.24. The molecule has 0 saturated carbocycles. The number of anilines is 2. The van der Waals surface area contributed by atoms with Crippen LogP contribution >= 0.6 is 0 Å². The zero-order valence-electron chi connectivity index (χ0n) is 11.1. The molecule has 1 aliphatic rings. The van der Waals surface area contributed by atoms with E-state index in [-0.39, 0.29) is 5.82 Å². The van der Waals surface area contributed by atoms with Crippen LogP contribution < -0.4 is 10.2 Å². The average molecular weight is 252 g/mol. The van der Waals surface area contributed by atoms with Crippen LogP contribution in [-0.4, -0.2) is 29.6 Å². The van der Waals surface area contributed by atoms with Gasteiger partial charge in [-0.05, 0) is 25.2 Å². The molecular formula is C13H21FN4. The van der Waals surface area contributed by atoms with Gasteiger partial charge in [-0.1, -0.05) is 13.8 Å². The minimum atomic E-state index is -0.327. The monoisotopic (exact) mass is 252 g/mol. The van der Waals surface area contributed by atoms with Crippen LogP contribution in [0.15, 0.2) is 6.20 Å². The number of aromatic nitrogens is 2. The zero-order valence-corrected chi connectivity index (χ0v) is 11.1. The van der Waals surface area contributed by atoms with E-state index in [0.29, 0.717) is 11.8 Å². The summed E-state index contributed by atoms with van der Waals surface area (Å²) in [5.74, 6) is 1.36. The maximum absolute atomic E-state index is 13.8. The lowest BCUT2D eigenvalue weighted by atomic mass is 9.99. The molecule has 1 aromatic rings. The quantitative estimate of drug-likeness (QED) is 0.894. The molecule has 1 saturated heterocycles. The van der Waals surface area contributed by atoms with Crippen LogP contribution in [0.3, 0.4) is 0 Å². The highest BCUT2D eigenvalue weighted by Gasteiger charge is 2.20. The van der Waals surface area contributed by atoms with Gasteiger partial charge in [-0.25, -0.2) is 9.37 Å². The number of hydrogen-bond donors (Lipinski definition) is 1. The Morgan fingerprint density at radius 2 is 2.17 bits per heavy atom. The summed E-state index contributed by atoms with van der Waals surface area (Å²) in [6.07, 6.45) is 4.46. The topological polar surface area (TPSA) is 41.1 Å². The normalized spacial score (nSPS) is 16.9. The van der Waals surface area contributed by atoms with Crippen molar-refractivity contribution in [2.24, 2.45) is 5.92 Å². The van der Waals surface area contributed by atoms with Gasteiger partial charge in [-0.2, -0.15) is 4.98 Å². The molecule has 0 amide bonds. The van der Waals surface area contributed by atoms with Crippen molar-refractivity contribution in [1.82, 2.24) is 9.97 Å². The zero-order chi connectivity index (χ0) is 13.0. The molecule has 0 aromatic carbocycles. The van der Waals surface area contributed by atoms with Gasteiger partial charge in [0.1, 0.15) is 0 Å². The van der Waals surface area contributed by atoms with Gasteiger partial charge in [-0.3, -0.25) is 0 Å². The van der Waals surface area contributed by atoms with Crippen LogP contribution in [-0.2, 0) is 0 Å². The summed E-state index contributed by atoms with van der Waals surface area (Å²) in [7, 11) is 0. The molecule has 2 heterocycles. The smallest absolute Gasteiger partial charge is 0.224 e. The Hall–Kier alpha value is -1.39. The molecule has 1 fully saturated rings. The molecule has 0 spiro atoms. The van der Waals surface area contributed by atoms with Crippen molar-refractivity contribution >= 4 is 11.8 Å². The van der Waals surface area contributed by atoms with Crippen LogP contribution in [0.1, 0.15) is 33.1 Å². The van der Waals surface area contributed by atoms with Crippen molar-refractivity contribution in [1.29, 1.82) is 0 Å². The van der Waals surface area contributed by atoms with E-state index >= 15 is 0 Å². The molecule has 1 aliphatic heterocycles. The molecule has 0 atom stereocenters. The number of piperidine rings is 1. The molecule has 100 valence electrons. The molecule has 0 radical (unpaired) electrons. The third kappa shape index (κ3) is 3.09. The Bertz CT molecular complexity index is 389. The number of hydrogen-bond acceptors (Lipinski definition) is 4. The van der Waals surface area contributed by atoms with Gasteiger partial charge in [0, 0.05) is 19.6 Å². The fraction of sp³-hybridized carbons (Fsp3) is 0.692. The van der Waals surface area contributed by atoms with E-state index < -0.39 is 0 Å². The molecule has 0 bridgehead atoms. The second-order valence-electron chi connectivity index (χ2n) is 4.96. The number of nitrogens with zero attached hydrogens (tertiary/aromatic N) is 3. The minimum Gasteiger partial charge on any atom is -0.354 e. The maximum atomic E-state index is 13.8. The van der Waals surface area contributed by atoms with Crippen molar-refractivity contribution in [3.8, 4) is 0 Å². The summed E-state index contributed by atoms with van der Waals surface area (Å²) in [5, 5.41) is 3.09. The third-order valence-electron chi connectivity index (χ3n) is 3.34. The molecule has 0 aliphatic carbocycles. The van der Waals surface area contributed by atoms with Gasteiger partial charge in [-0.15, -0.1) is 0 Å². The predicted octanol–water partition coefficient (Wildman–Crippen LogP) is 2.67. The van der Waals surface area contributed by atoms with Crippen molar-refractivity contribution in [2.75, 3.05) is 29.9 Å². The molecule has 4 nitrogen and oxygen atoms in total. The van der Waals surface area contributed by atoms with Crippen LogP contribution in [0.4, 0.5) is 16.2 Å². The van der Waals surface area contributed by atoms with Gasteiger partial charge in [0.25, 0.3) is 0 Å². The van der Waals surface area contributed by atoms with Crippen molar-refractivity contribution in [3.05, 3.63) is 12.0 Å². The standard InChI is InChI=1S/C13H21FN4/c1-3-6-15-13-16-9-11(14)12(17-13)18-7-4-10(2)5-8-18/h9-10H,3-8H2,1-2H3,(H,15,16,17). The van der Waals surface area contributed by atoms with E-state index in [1.807, 2.05) is 4.90 Å². The number of rotatable bonds is 4. The Labute approximate surface area is 108 Å². The summed E-state index contributed by atoms with van der Waals surface area (Å²) in [6.45, 7) is 6.87. The van der Waals surface area contributed by atoms with E-state index in [0.717, 1.165) is 44.8 Å². The molecule has 5 heteroatoms. The third-order valence-corrected chi connectivity index (χ3v) is 3.34.